The average molecular weight is 436 g/mol. The van der Waals surface area contributed by atoms with Gasteiger partial charge in [-0.15, -0.1) is 0 Å². The lowest BCUT2D eigenvalue weighted by atomic mass is 10.2. The zero-order valence-corrected chi connectivity index (χ0v) is 18.1. The molecule has 7 heteroatoms. The molecule has 31 heavy (non-hydrogen) atoms. The van der Waals surface area contributed by atoms with E-state index in [1.54, 1.807) is 24.3 Å². The van der Waals surface area contributed by atoms with Crippen LogP contribution in [0.1, 0.15) is 17.3 Å². The van der Waals surface area contributed by atoms with E-state index in [1.807, 2.05) is 61.5 Å². The highest BCUT2D eigenvalue weighted by Crippen LogP contribution is 2.19. The number of para-hydroxylation sites is 1. The van der Waals surface area contributed by atoms with Gasteiger partial charge in [0.1, 0.15) is 12.4 Å². The summed E-state index contributed by atoms with van der Waals surface area (Å²) in [6.07, 6.45) is 0. The molecular weight excluding hydrogens is 410 g/mol. The monoisotopic (exact) mass is 435 g/mol. The number of amides is 1. The summed E-state index contributed by atoms with van der Waals surface area (Å²) in [5.41, 5.74) is 3.19. The number of anilines is 3. The topological polar surface area (TPSA) is 71.6 Å². The summed E-state index contributed by atoms with van der Waals surface area (Å²) in [7, 11) is 0. The maximum Gasteiger partial charge on any atom is 0.257 e. The van der Waals surface area contributed by atoms with Crippen molar-refractivity contribution in [2.24, 2.45) is 0 Å². The largest absolute Gasteiger partial charge is 0.491 e. The van der Waals surface area contributed by atoms with Crippen molar-refractivity contribution in [1.29, 1.82) is 0 Å². The SMILES string of the molecule is CCOCCOc1cccc(C(=O)NC(=S)Nc2ccc(Nc3ccccc3)cc2)c1. The smallest absolute Gasteiger partial charge is 0.257 e. The second kappa shape index (κ2) is 11.7. The Kier molecular flexibility index (Phi) is 8.39. The van der Waals surface area contributed by atoms with E-state index >= 15 is 0 Å². The third-order valence-electron chi connectivity index (χ3n) is 4.23. The first-order valence-corrected chi connectivity index (χ1v) is 10.4. The predicted molar refractivity (Wildman–Crippen MR) is 128 cm³/mol. The predicted octanol–water partition coefficient (Wildman–Crippen LogP) is 4.97. The summed E-state index contributed by atoms with van der Waals surface area (Å²) >= 11 is 5.28. The van der Waals surface area contributed by atoms with Gasteiger partial charge in [-0.1, -0.05) is 24.3 Å². The molecule has 3 aromatic carbocycles. The Balaban J connectivity index is 1.50. The highest BCUT2D eigenvalue weighted by Gasteiger charge is 2.09. The number of carbonyl (C=O) groups excluding carboxylic acids is 1. The van der Waals surface area contributed by atoms with Crippen LogP contribution >= 0.6 is 12.2 Å². The van der Waals surface area contributed by atoms with Gasteiger partial charge in [0.05, 0.1) is 6.61 Å². The molecule has 0 aliphatic heterocycles. The molecule has 0 radical (unpaired) electrons. The second-order valence-corrected chi connectivity index (χ2v) is 6.96. The summed E-state index contributed by atoms with van der Waals surface area (Å²) in [6.45, 7) is 3.50. The maximum absolute atomic E-state index is 12.5. The van der Waals surface area contributed by atoms with E-state index in [9.17, 15) is 4.79 Å². The fourth-order valence-corrected chi connectivity index (χ4v) is 2.96. The van der Waals surface area contributed by atoms with Gasteiger partial charge in [0.25, 0.3) is 5.91 Å². The molecule has 0 spiro atoms. The summed E-state index contributed by atoms with van der Waals surface area (Å²) in [5, 5.41) is 9.24. The zero-order chi connectivity index (χ0) is 21.9. The molecule has 3 aromatic rings. The molecule has 0 atom stereocenters. The fraction of sp³-hybridized carbons (Fsp3) is 0.167. The van der Waals surface area contributed by atoms with E-state index < -0.39 is 0 Å². The molecule has 0 unspecified atom stereocenters. The second-order valence-electron chi connectivity index (χ2n) is 6.55. The Labute approximate surface area is 187 Å². The van der Waals surface area contributed by atoms with Crippen molar-refractivity contribution in [3.8, 4) is 5.75 Å². The minimum Gasteiger partial charge on any atom is -0.491 e. The Hall–Kier alpha value is -3.42. The fourth-order valence-electron chi connectivity index (χ4n) is 2.75. The van der Waals surface area contributed by atoms with Gasteiger partial charge in [0.15, 0.2) is 5.11 Å². The van der Waals surface area contributed by atoms with Crippen molar-refractivity contribution in [3.63, 3.8) is 0 Å². The molecule has 0 heterocycles. The lowest BCUT2D eigenvalue weighted by Gasteiger charge is -2.12. The Morgan fingerprint density at radius 1 is 0.871 bits per heavy atom. The number of hydrogen-bond donors (Lipinski definition) is 3. The highest BCUT2D eigenvalue weighted by atomic mass is 32.1. The van der Waals surface area contributed by atoms with Crippen molar-refractivity contribution >= 4 is 40.3 Å². The van der Waals surface area contributed by atoms with Gasteiger partial charge >= 0.3 is 0 Å². The molecule has 160 valence electrons. The zero-order valence-electron chi connectivity index (χ0n) is 17.3. The molecule has 6 nitrogen and oxygen atoms in total. The summed E-state index contributed by atoms with van der Waals surface area (Å²) < 4.78 is 10.8. The molecule has 0 fully saturated rings. The quantitative estimate of drug-likeness (QED) is 0.326. The molecule has 0 bridgehead atoms. The van der Waals surface area contributed by atoms with Gasteiger partial charge in [-0.3, -0.25) is 10.1 Å². The van der Waals surface area contributed by atoms with Crippen LogP contribution in [0.3, 0.4) is 0 Å². The van der Waals surface area contributed by atoms with E-state index in [2.05, 4.69) is 16.0 Å². The molecule has 1 amide bonds. The van der Waals surface area contributed by atoms with Crippen molar-refractivity contribution in [2.45, 2.75) is 6.92 Å². The van der Waals surface area contributed by atoms with E-state index in [1.165, 1.54) is 0 Å². The Bertz CT molecular complexity index is 994. The third kappa shape index (κ3) is 7.40. The van der Waals surface area contributed by atoms with Crippen molar-refractivity contribution in [3.05, 3.63) is 84.4 Å². The number of thiocarbonyl (C=S) groups is 1. The Morgan fingerprint density at radius 2 is 1.58 bits per heavy atom. The number of benzene rings is 3. The third-order valence-corrected chi connectivity index (χ3v) is 4.43. The number of ether oxygens (including phenoxy) is 2. The first-order valence-electron chi connectivity index (χ1n) is 9.99. The number of hydrogen-bond acceptors (Lipinski definition) is 5. The minimum atomic E-state index is -0.310. The summed E-state index contributed by atoms with van der Waals surface area (Å²) in [6, 6.07) is 24.5. The van der Waals surface area contributed by atoms with Gasteiger partial charge < -0.3 is 20.1 Å². The van der Waals surface area contributed by atoms with Crippen LogP contribution in [0.2, 0.25) is 0 Å². The standard InChI is InChI=1S/C24H25N3O3S/c1-2-29-15-16-30-22-10-6-7-18(17-22)23(28)27-24(31)26-21-13-11-20(12-14-21)25-19-8-4-3-5-9-19/h3-14,17,25H,2,15-16H2,1H3,(H2,26,27,28,31). The van der Waals surface area contributed by atoms with Gasteiger partial charge in [-0.25, -0.2) is 0 Å². The molecule has 3 N–H and O–H groups in total. The molecule has 0 saturated carbocycles. The van der Waals surface area contributed by atoms with Crippen LogP contribution in [-0.4, -0.2) is 30.8 Å². The lowest BCUT2D eigenvalue weighted by molar-refractivity contribution is 0.0976. The van der Waals surface area contributed by atoms with E-state index in [0.717, 1.165) is 17.1 Å². The van der Waals surface area contributed by atoms with Gasteiger partial charge in [-0.05, 0) is 73.7 Å². The van der Waals surface area contributed by atoms with Crippen LogP contribution < -0.4 is 20.7 Å². The number of carbonyl (C=O) groups is 1. The van der Waals surface area contributed by atoms with Crippen LogP contribution in [0, 0.1) is 0 Å². The van der Waals surface area contributed by atoms with Crippen LogP contribution in [-0.2, 0) is 4.74 Å². The maximum atomic E-state index is 12.5. The van der Waals surface area contributed by atoms with Crippen molar-refractivity contribution < 1.29 is 14.3 Å². The van der Waals surface area contributed by atoms with Crippen LogP contribution in [0.4, 0.5) is 17.1 Å². The van der Waals surface area contributed by atoms with Crippen LogP contribution in [0.25, 0.3) is 0 Å². The number of rotatable bonds is 9. The summed E-state index contributed by atoms with van der Waals surface area (Å²) in [4.78, 5) is 12.5. The first kappa shape index (κ1) is 22.3. The first-order chi connectivity index (χ1) is 15.1. The molecular formula is C24H25N3O3S. The van der Waals surface area contributed by atoms with Crippen LogP contribution in [0.15, 0.2) is 78.9 Å². The average Bonchev–Trinajstić information content (AvgIpc) is 2.79. The molecule has 0 aliphatic rings. The molecule has 0 saturated heterocycles. The Morgan fingerprint density at radius 3 is 2.32 bits per heavy atom. The van der Waals surface area contributed by atoms with E-state index in [-0.39, 0.29) is 11.0 Å². The number of nitrogens with one attached hydrogen (secondary N) is 3. The highest BCUT2D eigenvalue weighted by molar-refractivity contribution is 7.80. The van der Waals surface area contributed by atoms with Gasteiger partial charge in [-0.2, -0.15) is 0 Å². The normalized spacial score (nSPS) is 10.2. The van der Waals surface area contributed by atoms with Gasteiger partial charge in [0.2, 0.25) is 0 Å². The van der Waals surface area contributed by atoms with Crippen molar-refractivity contribution in [2.75, 3.05) is 30.5 Å². The molecule has 0 aromatic heterocycles. The molecule has 3 rings (SSSR count). The lowest BCUT2D eigenvalue weighted by Crippen LogP contribution is -2.34. The van der Waals surface area contributed by atoms with Crippen molar-refractivity contribution in [1.82, 2.24) is 5.32 Å². The summed E-state index contributed by atoms with van der Waals surface area (Å²) in [5.74, 6) is 0.294. The van der Waals surface area contributed by atoms with E-state index in [0.29, 0.717) is 31.1 Å². The molecule has 0 aliphatic carbocycles. The minimum absolute atomic E-state index is 0.219. The van der Waals surface area contributed by atoms with E-state index in [4.69, 9.17) is 21.7 Å². The van der Waals surface area contributed by atoms with Crippen LogP contribution in [0.5, 0.6) is 5.75 Å². The van der Waals surface area contributed by atoms with Gasteiger partial charge in [0, 0.05) is 29.2 Å².